The van der Waals surface area contributed by atoms with Crippen LogP contribution in [0.1, 0.15) is 32.1 Å². The molecule has 2 heterocycles. The van der Waals surface area contributed by atoms with Crippen molar-refractivity contribution in [1.29, 1.82) is 0 Å². The van der Waals surface area contributed by atoms with Gasteiger partial charge < -0.3 is 0 Å². The predicted octanol–water partition coefficient (Wildman–Crippen LogP) is -2.12. The second-order valence-electron chi connectivity index (χ2n) is 3.95. The van der Waals surface area contributed by atoms with Crippen LogP contribution in [0.5, 0.6) is 0 Å². The Morgan fingerprint density at radius 1 is 1.00 bits per heavy atom. The molecule has 2 aliphatic rings. The smallest absolute Gasteiger partial charge is 0.262 e. The highest BCUT2D eigenvalue weighted by molar-refractivity contribution is 4.89. The lowest BCUT2D eigenvalue weighted by Gasteiger charge is -2.36. The van der Waals surface area contributed by atoms with Gasteiger partial charge in [0.05, 0.1) is 14.5 Å². The van der Waals surface area contributed by atoms with E-state index in [1.165, 1.54) is 0 Å². The maximum Gasteiger partial charge on any atom is 0.278 e. The fourth-order valence-corrected chi connectivity index (χ4v) is 3.12. The second-order valence-corrected chi connectivity index (χ2v) is 4.86. The number of fused-ring (bicyclic) bond motifs is 1. The number of rotatable bonds is 2. The summed E-state index contributed by atoms with van der Waals surface area (Å²) in [5, 5.41) is 0. The molecule has 6 heteroatoms. The first-order chi connectivity index (χ1) is 6.52. The van der Waals surface area contributed by atoms with E-state index in [4.69, 9.17) is 4.29 Å². The second kappa shape index (κ2) is 3.59. The summed E-state index contributed by atoms with van der Waals surface area (Å²) in [5.74, 6) is 0. The Hall–Kier alpha value is 0.0900. The summed E-state index contributed by atoms with van der Waals surface area (Å²) >= 11 is 0. The molecule has 5 nitrogen and oxygen atoms in total. The highest BCUT2D eigenvalue weighted by Crippen LogP contribution is 2.39. The van der Waals surface area contributed by atoms with Crippen molar-refractivity contribution in [3.63, 3.8) is 0 Å². The fraction of sp³-hybridized carbons (Fsp3) is 1.00. The third-order valence-electron chi connectivity index (χ3n) is 3.06. The molecular weight excluding hydrogens is 210 g/mol. The Morgan fingerprint density at radius 3 is 2.36 bits per heavy atom. The van der Waals surface area contributed by atoms with Crippen LogP contribution in [0.4, 0.5) is 0 Å². The number of nitrogens with zero attached hydrogens (tertiary/aromatic N) is 1. The monoisotopic (exact) mass is 223 g/mol. The van der Waals surface area contributed by atoms with E-state index in [2.05, 4.69) is 0 Å². The van der Waals surface area contributed by atoms with Crippen molar-refractivity contribution in [3.05, 3.63) is 0 Å². The van der Waals surface area contributed by atoms with Crippen molar-refractivity contribution in [2.45, 2.75) is 37.8 Å². The summed E-state index contributed by atoms with van der Waals surface area (Å²) in [4.78, 5) is 1.99. The molecule has 82 valence electrons. The van der Waals surface area contributed by atoms with Crippen LogP contribution in [-0.4, -0.2) is 23.7 Å². The molecule has 1 atom stereocenters. The molecule has 0 saturated carbocycles. The molecule has 0 amide bonds. The summed E-state index contributed by atoms with van der Waals surface area (Å²) < 4.78 is 36.5. The maximum atomic E-state index is 10.6. The van der Waals surface area contributed by atoms with Crippen LogP contribution in [0.2, 0.25) is 0 Å². The topological polar surface area (TPSA) is 81.6 Å². The van der Waals surface area contributed by atoms with Crippen LogP contribution in [-0.2, 0) is 4.29 Å². The molecule has 2 fully saturated rings. The van der Waals surface area contributed by atoms with Crippen LogP contribution in [0.15, 0.2) is 0 Å². The zero-order chi connectivity index (χ0) is 10.2. The van der Waals surface area contributed by atoms with Crippen molar-refractivity contribution < 1.29 is 28.5 Å². The first kappa shape index (κ1) is 10.6. The average Bonchev–Trinajstić information content (AvgIpc) is 2.43. The van der Waals surface area contributed by atoms with E-state index in [0.717, 1.165) is 32.4 Å². The molecule has 1 unspecified atom stereocenters. The molecule has 0 spiro atoms. The van der Waals surface area contributed by atoms with Gasteiger partial charge in [-0.25, -0.2) is 0 Å². The lowest BCUT2D eigenvalue weighted by atomic mass is 9.99. The number of hydrogen-bond donors (Lipinski definition) is 0. The van der Waals surface area contributed by atoms with Gasteiger partial charge in [0.2, 0.25) is 0 Å². The Bertz CT molecular complexity index is 220. The van der Waals surface area contributed by atoms with Crippen LogP contribution >= 0.6 is 0 Å². The van der Waals surface area contributed by atoms with E-state index in [1.807, 2.05) is 4.90 Å². The van der Waals surface area contributed by atoms with Crippen LogP contribution in [0, 0.1) is 10.2 Å². The molecule has 0 radical (unpaired) electrons. The minimum atomic E-state index is -4.30. The lowest BCUT2D eigenvalue weighted by molar-refractivity contribution is -1.92. The molecule has 0 aromatic heterocycles. The van der Waals surface area contributed by atoms with Gasteiger partial charge in [-0.2, -0.15) is 14.0 Å². The number of piperidine rings is 1. The molecule has 14 heavy (non-hydrogen) atoms. The highest BCUT2D eigenvalue weighted by Gasteiger charge is 2.54. The molecule has 2 saturated heterocycles. The minimum Gasteiger partial charge on any atom is -0.262 e. The summed E-state index contributed by atoms with van der Waals surface area (Å²) in [6.45, 7) is 1.68. The van der Waals surface area contributed by atoms with Gasteiger partial charge in [-0.3, -0.25) is 4.90 Å². The molecule has 0 N–H and O–H groups in total. The van der Waals surface area contributed by atoms with Crippen LogP contribution in [0.25, 0.3) is 0 Å². The van der Waals surface area contributed by atoms with E-state index < -0.39 is 16.0 Å². The molecule has 0 aromatic carbocycles. The van der Waals surface area contributed by atoms with E-state index in [9.17, 15) is 14.0 Å². The van der Waals surface area contributed by atoms with Gasteiger partial charge in [0.25, 0.3) is 5.72 Å². The Labute approximate surface area is 85.0 Å². The molecule has 2 aliphatic heterocycles. The van der Waals surface area contributed by atoms with Gasteiger partial charge in [-0.1, -0.05) is 0 Å². The molecule has 0 aliphatic carbocycles. The third kappa shape index (κ3) is 2.03. The largest absolute Gasteiger partial charge is 0.278 e. The Balaban J connectivity index is 2.10. The standard InChI is InChI=1S/C8H14ClNO4/c11-9(12,13)14-8-4-1-2-6-10(8)7-3-5-8/h1-7H2. The van der Waals surface area contributed by atoms with Crippen LogP contribution < -0.4 is 14.0 Å². The lowest BCUT2D eigenvalue weighted by Crippen LogP contribution is -2.67. The number of hydrogen-bond acceptors (Lipinski definition) is 5. The average molecular weight is 224 g/mol. The Morgan fingerprint density at radius 2 is 1.64 bits per heavy atom. The Kier molecular flexibility index (Phi) is 2.72. The zero-order valence-electron chi connectivity index (χ0n) is 7.91. The van der Waals surface area contributed by atoms with E-state index in [1.54, 1.807) is 0 Å². The summed E-state index contributed by atoms with van der Waals surface area (Å²) in [5.41, 5.74) is -0.805. The molecule has 0 aromatic rings. The van der Waals surface area contributed by atoms with E-state index in [-0.39, 0.29) is 0 Å². The zero-order valence-corrected chi connectivity index (χ0v) is 8.66. The predicted molar refractivity (Wildman–Crippen MR) is 38.5 cm³/mol. The fourth-order valence-electron chi connectivity index (χ4n) is 2.51. The number of halogens is 1. The molecular formula is C8H14ClNO4. The third-order valence-corrected chi connectivity index (χ3v) is 3.53. The van der Waals surface area contributed by atoms with E-state index >= 15 is 0 Å². The molecule has 0 bridgehead atoms. The molecule has 2 rings (SSSR count). The van der Waals surface area contributed by atoms with Crippen molar-refractivity contribution in [2.75, 3.05) is 13.1 Å². The SMILES string of the molecule is [O-][Cl+3]([O-])([O-])OC12CCCCN1CCC2. The first-order valence-electron chi connectivity index (χ1n) is 4.88. The summed E-state index contributed by atoms with van der Waals surface area (Å²) in [6.07, 6.45) is 4.20. The van der Waals surface area contributed by atoms with Crippen LogP contribution in [0.3, 0.4) is 0 Å². The van der Waals surface area contributed by atoms with E-state index in [0.29, 0.717) is 12.8 Å². The highest BCUT2D eigenvalue weighted by atomic mass is 35.7. The minimum absolute atomic E-state index is 0.654. The van der Waals surface area contributed by atoms with Gasteiger partial charge in [0.1, 0.15) is 0 Å². The van der Waals surface area contributed by atoms with Gasteiger partial charge in [0, 0.05) is 25.9 Å². The van der Waals surface area contributed by atoms with Gasteiger partial charge in [-0.15, -0.1) is 0 Å². The normalized spacial score (nSPS) is 34.5. The van der Waals surface area contributed by atoms with Gasteiger partial charge in [0.15, 0.2) is 0 Å². The quantitative estimate of drug-likeness (QED) is 0.535. The van der Waals surface area contributed by atoms with Crippen molar-refractivity contribution >= 4 is 0 Å². The first-order valence-corrected chi connectivity index (χ1v) is 6.12. The van der Waals surface area contributed by atoms with Gasteiger partial charge >= 0.3 is 0 Å². The maximum absolute atomic E-state index is 10.6. The summed E-state index contributed by atoms with van der Waals surface area (Å²) in [6, 6.07) is 0. The van der Waals surface area contributed by atoms with Crippen molar-refractivity contribution in [3.8, 4) is 0 Å². The van der Waals surface area contributed by atoms with Crippen molar-refractivity contribution in [1.82, 2.24) is 4.90 Å². The van der Waals surface area contributed by atoms with Crippen molar-refractivity contribution in [2.24, 2.45) is 0 Å². The summed E-state index contributed by atoms with van der Waals surface area (Å²) in [7, 11) is -4.30. The van der Waals surface area contributed by atoms with Gasteiger partial charge in [-0.05, 0) is 19.3 Å².